The number of benzene rings is 1. The summed E-state index contributed by atoms with van der Waals surface area (Å²) in [5.74, 6) is 1.20. The number of anilines is 2. The van der Waals surface area contributed by atoms with E-state index in [1.807, 2.05) is 6.07 Å². The fourth-order valence-corrected chi connectivity index (χ4v) is 3.43. The molecule has 1 fully saturated rings. The summed E-state index contributed by atoms with van der Waals surface area (Å²) in [4.78, 5) is 25.5. The maximum absolute atomic E-state index is 12.7. The quantitative estimate of drug-likeness (QED) is 0.856. The van der Waals surface area contributed by atoms with E-state index in [1.165, 1.54) is 0 Å². The van der Waals surface area contributed by atoms with Gasteiger partial charge in [0.05, 0.1) is 29.9 Å². The largest absolute Gasteiger partial charge is 0.495 e. The molecule has 0 atom stereocenters. The normalized spacial score (nSPS) is 16.7. The number of hydrogen-bond donors (Lipinski definition) is 0. The first-order valence-corrected chi connectivity index (χ1v) is 8.31. The summed E-state index contributed by atoms with van der Waals surface area (Å²) < 4.78 is 5.16. The van der Waals surface area contributed by atoms with Crippen LogP contribution < -0.4 is 14.5 Å². The van der Waals surface area contributed by atoms with Gasteiger partial charge in [0.2, 0.25) is 5.95 Å². The lowest BCUT2D eigenvalue weighted by atomic mass is 10.2. The minimum Gasteiger partial charge on any atom is -0.495 e. The van der Waals surface area contributed by atoms with E-state index >= 15 is 0 Å². The Morgan fingerprint density at radius 2 is 2.04 bits per heavy atom. The number of fused-ring (bicyclic) bond motifs is 1. The third-order valence-corrected chi connectivity index (χ3v) is 4.77. The van der Waals surface area contributed by atoms with Crippen molar-refractivity contribution in [3.63, 3.8) is 0 Å². The maximum Gasteiger partial charge on any atom is 0.262 e. The summed E-state index contributed by atoms with van der Waals surface area (Å²) in [6, 6.07) is 5.32. The zero-order chi connectivity index (χ0) is 16.7. The van der Waals surface area contributed by atoms with Crippen molar-refractivity contribution in [2.75, 3.05) is 30.0 Å². The Morgan fingerprint density at radius 1 is 1.25 bits per heavy atom. The molecule has 1 aromatic heterocycles. The highest BCUT2D eigenvalue weighted by molar-refractivity contribution is 6.32. The fourth-order valence-electron chi connectivity index (χ4n) is 3.17. The van der Waals surface area contributed by atoms with Crippen molar-refractivity contribution in [3.8, 4) is 5.75 Å². The monoisotopic (exact) mass is 344 g/mol. The van der Waals surface area contributed by atoms with E-state index < -0.39 is 0 Å². The average molecular weight is 345 g/mol. The van der Waals surface area contributed by atoms with Crippen molar-refractivity contribution >= 4 is 29.1 Å². The highest BCUT2D eigenvalue weighted by atomic mass is 35.5. The number of nitrogens with zero attached hydrogens (tertiary/aromatic N) is 4. The SMILES string of the molecule is COc1ccc(N2Cc3nc(N4CCCC4)ncc3C2=O)cc1Cl. The topological polar surface area (TPSA) is 58.6 Å². The Balaban J connectivity index is 1.63. The Labute approximate surface area is 145 Å². The highest BCUT2D eigenvalue weighted by Gasteiger charge is 2.31. The van der Waals surface area contributed by atoms with Crippen LogP contribution >= 0.6 is 11.6 Å². The molecule has 0 saturated carbocycles. The van der Waals surface area contributed by atoms with Gasteiger partial charge in [0, 0.05) is 25.0 Å². The summed E-state index contributed by atoms with van der Waals surface area (Å²) >= 11 is 6.18. The van der Waals surface area contributed by atoms with E-state index in [4.69, 9.17) is 16.3 Å². The van der Waals surface area contributed by atoms with Crippen LogP contribution in [0.15, 0.2) is 24.4 Å². The van der Waals surface area contributed by atoms with Gasteiger partial charge in [0.15, 0.2) is 0 Å². The molecule has 0 N–H and O–H groups in total. The molecule has 1 saturated heterocycles. The number of amides is 1. The smallest absolute Gasteiger partial charge is 0.262 e. The molecular formula is C17H17ClN4O2. The first-order chi connectivity index (χ1) is 11.7. The molecule has 2 aliphatic heterocycles. The molecule has 0 spiro atoms. The van der Waals surface area contributed by atoms with Gasteiger partial charge < -0.3 is 14.5 Å². The molecular weight excluding hydrogens is 328 g/mol. The van der Waals surface area contributed by atoms with Crippen LogP contribution in [0.5, 0.6) is 5.75 Å². The van der Waals surface area contributed by atoms with Crippen molar-refractivity contribution in [3.05, 3.63) is 40.7 Å². The molecule has 0 bridgehead atoms. The summed E-state index contributed by atoms with van der Waals surface area (Å²) in [6.07, 6.45) is 3.97. The van der Waals surface area contributed by atoms with Crippen molar-refractivity contribution in [2.24, 2.45) is 0 Å². The van der Waals surface area contributed by atoms with E-state index in [0.29, 0.717) is 28.8 Å². The summed E-state index contributed by atoms with van der Waals surface area (Å²) in [6.45, 7) is 2.38. The van der Waals surface area contributed by atoms with Gasteiger partial charge in [-0.1, -0.05) is 11.6 Å². The summed E-state index contributed by atoms with van der Waals surface area (Å²) in [7, 11) is 1.56. The van der Waals surface area contributed by atoms with Crippen LogP contribution in [0.1, 0.15) is 28.9 Å². The minimum atomic E-state index is -0.0980. The van der Waals surface area contributed by atoms with Gasteiger partial charge in [0.25, 0.3) is 5.91 Å². The van der Waals surface area contributed by atoms with E-state index in [9.17, 15) is 4.79 Å². The lowest BCUT2D eigenvalue weighted by Gasteiger charge is -2.16. The standard InChI is InChI=1S/C17H17ClN4O2/c1-24-15-5-4-11(8-13(15)18)22-10-14-12(16(22)23)9-19-17(20-14)21-6-2-3-7-21/h4-5,8-9H,2-3,6-7,10H2,1H3. The molecule has 3 heterocycles. The van der Waals surface area contributed by atoms with E-state index in [-0.39, 0.29) is 5.91 Å². The molecule has 2 aliphatic rings. The van der Waals surface area contributed by atoms with Crippen LogP contribution in [-0.2, 0) is 6.54 Å². The number of halogens is 1. The zero-order valence-electron chi connectivity index (χ0n) is 13.3. The Morgan fingerprint density at radius 3 is 2.75 bits per heavy atom. The molecule has 4 rings (SSSR count). The van der Waals surface area contributed by atoms with E-state index in [2.05, 4.69) is 14.9 Å². The molecule has 6 nitrogen and oxygen atoms in total. The number of rotatable bonds is 3. The predicted octanol–water partition coefficient (Wildman–Crippen LogP) is 2.90. The molecule has 1 amide bonds. The number of carbonyl (C=O) groups excluding carboxylic acids is 1. The fraction of sp³-hybridized carbons (Fsp3) is 0.353. The number of ether oxygens (including phenoxy) is 1. The first-order valence-electron chi connectivity index (χ1n) is 7.93. The molecule has 0 aliphatic carbocycles. The predicted molar refractivity (Wildman–Crippen MR) is 92.0 cm³/mol. The molecule has 0 unspecified atom stereocenters. The number of aromatic nitrogens is 2. The molecule has 24 heavy (non-hydrogen) atoms. The first kappa shape index (κ1) is 15.2. The third kappa shape index (κ3) is 2.47. The lowest BCUT2D eigenvalue weighted by molar-refractivity contribution is 0.0996. The van der Waals surface area contributed by atoms with E-state index in [0.717, 1.165) is 37.3 Å². The molecule has 1 aromatic carbocycles. The minimum absolute atomic E-state index is 0.0980. The van der Waals surface area contributed by atoms with Gasteiger partial charge in [-0.25, -0.2) is 9.97 Å². The second-order valence-corrected chi connectivity index (χ2v) is 6.34. The average Bonchev–Trinajstić information content (AvgIpc) is 3.23. The van der Waals surface area contributed by atoms with E-state index in [1.54, 1.807) is 30.3 Å². The maximum atomic E-state index is 12.7. The molecule has 7 heteroatoms. The third-order valence-electron chi connectivity index (χ3n) is 4.47. The number of hydrogen-bond acceptors (Lipinski definition) is 5. The van der Waals surface area contributed by atoms with Crippen LogP contribution in [0.3, 0.4) is 0 Å². The lowest BCUT2D eigenvalue weighted by Crippen LogP contribution is -2.22. The van der Waals surface area contributed by atoms with Crippen molar-refractivity contribution < 1.29 is 9.53 Å². The number of carbonyl (C=O) groups is 1. The van der Waals surface area contributed by atoms with Gasteiger partial charge in [-0.05, 0) is 31.0 Å². The Kier molecular flexibility index (Phi) is 3.76. The van der Waals surface area contributed by atoms with Gasteiger partial charge in [-0.15, -0.1) is 0 Å². The van der Waals surface area contributed by atoms with Crippen LogP contribution in [-0.4, -0.2) is 36.1 Å². The molecule has 2 aromatic rings. The molecule has 124 valence electrons. The van der Waals surface area contributed by atoms with Crippen LogP contribution in [0.25, 0.3) is 0 Å². The van der Waals surface area contributed by atoms with Gasteiger partial charge >= 0.3 is 0 Å². The van der Waals surface area contributed by atoms with Crippen LogP contribution in [0.2, 0.25) is 5.02 Å². The second kappa shape index (κ2) is 5.94. The second-order valence-electron chi connectivity index (χ2n) is 5.93. The Hall–Kier alpha value is -2.34. The van der Waals surface area contributed by atoms with Crippen LogP contribution in [0, 0.1) is 0 Å². The van der Waals surface area contributed by atoms with Gasteiger partial charge in [-0.3, -0.25) is 4.79 Å². The van der Waals surface area contributed by atoms with Crippen molar-refractivity contribution in [1.82, 2.24) is 9.97 Å². The summed E-state index contributed by atoms with van der Waals surface area (Å²) in [5, 5.41) is 0.475. The summed E-state index contributed by atoms with van der Waals surface area (Å²) in [5.41, 5.74) is 2.06. The highest BCUT2D eigenvalue weighted by Crippen LogP contribution is 2.33. The number of methoxy groups -OCH3 is 1. The van der Waals surface area contributed by atoms with Crippen LogP contribution in [0.4, 0.5) is 11.6 Å². The molecule has 0 radical (unpaired) electrons. The van der Waals surface area contributed by atoms with Gasteiger partial charge in [0.1, 0.15) is 5.75 Å². The zero-order valence-corrected chi connectivity index (χ0v) is 14.1. The van der Waals surface area contributed by atoms with Gasteiger partial charge in [-0.2, -0.15) is 0 Å². The van der Waals surface area contributed by atoms with Crippen molar-refractivity contribution in [1.29, 1.82) is 0 Å². The Bertz CT molecular complexity index is 805. The van der Waals surface area contributed by atoms with Crippen molar-refractivity contribution in [2.45, 2.75) is 19.4 Å².